The molecule has 4 aliphatic rings. The predicted molar refractivity (Wildman–Crippen MR) is 174 cm³/mol. The van der Waals surface area contributed by atoms with E-state index in [9.17, 15) is 40.8 Å². The van der Waals surface area contributed by atoms with Crippen molar-refractivity contribution >= 4 is 39.5 Å². The van der Waals surface area contributed by atoms with Crippen molar-refractivity contribution in [2.24, 2.45) is 17.8 Å². The number of nitrogens with zero attached hydrogens (tertiary/aromatic N) is 2. The van der Waals surface area contributed by atoms with E-state index in [1.54, 1.807) is 31.3 Å². The van der Waals surface area contributed by atoms with Crippen LogP contribution >= 0.6 is 0 Å². The summed E-state index contributed by atoms with van der Waals surface area (Å²) < 4.78 is 73.8. The van der Waals surface area contributed by atoms with Crippen molar-refractivity contribution in [3.05, 3.63) is 60.3 Å². The molecule has 2 aromatic rings. The average molecular weight is 718 g/mol. The molecule has 0 spiro atoms. The molecule has 1 aromatic heterocycles. The number of hydrogen-bond donors (Lipinski definition) is 3. The van der Waals surface area contributed by atoms with Crippen molar-refractivity contribution in [1.29, 1.82) is 0 Å². The number of alkyl halides is 3. The van der Waals surface area contributed by atoms with Crippen LogP contribution in [-0.4, -0.2) is 72.6 Å². The van der Waals surface area contributed by atoms with Gasteiger partial charge in [0.25, 0.3) is 5.91 Å². The Hall–Kier alpha value is -4.47. The van der Waals surface area contributed by atoms with Gasteiger partial charge in [0.2, 0.25) is 21.8 Å². The number of carbonyl (C=O) groups is 4. The van der Waals surface area contributed by atoms with Crippen LogP contribution in [0.25, 0.3) is 11.3 Å². The molecule has 1 aromatic carbocycles. The summed E-state index contributed by atoms with van der Waals surface area (Å²) in [5.41, 5.74) is -2.20. The number of benzene rings is 1. The van der Waals surface area contributed by atoms with Gasteiger partial charge in [-0.15, -0.1) is 0 Å². The Morgan fingerprint density at radius 2 is 1.84 bits per heavy atom. The minimum absolute atomic E-state index is 0.0526. The van der Waals surface area contributed by atoms with Crippen LogP contribution < -0.4 is 15.4 Å². The highest BCUT2D eigenvalue weighted by molar-refractivity contribution is 7.91. The molecule has 3 N–H and O–H groups in total. The number of anilines is 1. The highest BCUT2D eigenvalue weighted by Crippen LogP contribution is 2.47. The van der Waals surface area contributed by atoms with Crippen LogP contribution in [-0.2, 0) is 35.3 Å². The highest BCUT2D eigenvalue weighted by atomic mass is 32.2. The van der Waals surface area contributed by atoms with Crippen molar-refractivity contribution < 1.29 is 45.5 Å². The first-order valence-corrected chi connectivity index (χ1v) is 18.1. The van der Waals surface area contributed by atoms with Crippen molar-refractivity contribution in [3.8, 4) is 11.3 Å². The summed E-state index contributed by atoms with van der Waals surface area (Å²) in [4.78, 5) is 59.9. The first kappa shape index (κ1) is 35.4. The molecule has 1 aliphatic heterocycles. The molecule has 0 saturated heterocycles. The topological polar surface area (TPSA) is 164 Å². The van der Waals surface area contributed by atoms with Crippen LogP contribution in [0.3, 0.4) is 0 Å². The third-order valence-corrected chi connectivity index (χ3v) is 11.6. The Morgan fingerprint density at radius 1 is 1.08 bits per heavy atom. The molecular weight excluding hydrogens is 679 g/mol. The van der Waals surface area contributed by atoms with E-state index in [2.05, 4.69) is 20.3 Å². The molecule has 50 heavy (non-hydrogen) atoms. The quantitative estimate of drug-likeness (QED) is 0.371. The van der Waals surface area contributed by atoms with E-state index in [1.807, 2.05) is 6.08 Å². The predicted octanol–water partition coefficient (Wildman–Crippen LogP) is 4.39. The molecule has 0 unspecified atom stereocenters. The van der Waals surface area contributed by atoms with Gasteiger partial charge in [-0.1, -0.05) is 24.3 Å². The number of nitrogens with one attached hydrogen (secondary N) is 3. The van der Waals surface area contributed by atoms with Gasteiger partial charge in [0.1, 0.15) is 11.6 Å². The van der Waals surface area contributed by atoms with Gasteiger partial charge < -0.3 is 15.0 Å². The SMILES string of the molecule is CN1CCCC/C=C\[C@H]2C[C@@]2(C(=O)NS(=O)(=O)C2CC2)NC(=O)[C@@H]2C[C@@H](OC(=O)Nc3cc(C(F)(F)F)ccc3-c3ccccn3)C[C@H]2C1=O. The molecule has 0 bridgehead atoms. The summed E-state index contributed by atoms with van der Waals surface area (Å²) in [6, 6.07) is 7.70. The third kappa shape index (κ3) is 7.64. The number of fused-ring (bicyclic) bond motifs is 2. The van der Waals surface area contributed by atoms with E-state index in [-0.39, 0.29) is 36.4 Å². The monoisotopic (exact) mass is 717 g/mol. The van der Waals surface area contributed by atoms with Crippen LogP contribution in [0.1, 0.15) is 56.9 Å². The van der Waals surface area contributed by atoms with Crippen LogP contribution in [0.5, 0.6) is 0 Å². The maximum Gasteiger partial charge on any atom is 0.416 e. The summed E-state index contributed by atoms with van der Waals surface area (Å²) in [6.45, 7) is 0.421. The number of allylic oxidation sites excluding steroid dienone is 1. The number of aromatic nitrogens is 1. The van der Waals surface area contributed by atoms with Crippen molar-refractivity contribution in [2.45, 2.75) is 74.4 Å². The summed E-state index contributed by atoms with van der Waals surface area (Å²) in [5.74, 6) is -4.30. The van der Waals surface area contributed by atoms with Crippen molar-refractivity contribution in [3.63, 3.8) is 0 Å². The lowest BCUT2D eigenvalue weighted by Gasteiger charge is -2.26. The zero-order chi connectivity index (χ0) is 35.8. The fourth-order valence-corrected chi connectivity index (χ4v) is 8.12. The number of rotatable bonds is 6. The van der Waals surface area contributed by atoms with Gasteiger partial charge in [-0.25, -0.2) is 13.2 Å². The molecule has 5 atom stereocenters. The van der Waals surface area contributed by atoms with Gasteiger partial charge in [0, 0.05) is 31.3 Å². The lowest BCUT2D eigenvalue weighted by atomic mass is 9.93. The molecule has 2 heterocycles. The zero-order valence-corrected chi connectivity index (χ0v) is 28.1. The molecule has 6 rings (SSSR count). The maximum absolute atomic E-state index is 13.9. The van der Waals surface area contributed by atoms with Gasteiger partial charge in [-0.3, -0.25) is 29.4 Å². The molecule has 12 nitrogen and oxygen atoms in total. The van der Waals surface area contributed by atoms with Crippen LogP contribution in [0.2, 0.25) is 0 Å². The van der Waals surface area contributed by atoms with Gasteiger partial charge in [-0.05, 0) is 75.6 Å². The van der Waals surface area contributed by atoms with E-state index in [4.69, 9.17) is 4.74 Å². The van der Waals surface area contributed by atoms with E-state index < -0.39 is 74.3 Å². The molecule has 0 radical (unpaired) electrons. The van der Waals surface area contributed by atoms with Crippen LogP contribution in [0.4, 0.5) is 23.7 Å². The van der Waals surface area contributed by atoms with Gasteiger partial charge in [0.05, 0.1) is 34.0 Å². The minimum Gasteiger partial charge on any atom is -0.446 e. The second-order valence-corrected chi connectivity index (χ2v) is 15.4. The standard InChI is InChI=1S/C34H38F3N5O7S/c1-42-15-7-3-2-4-8-21-19-33(21,31(45)41-50(47,48)23-11-12-23)40-29(43)25-17-22(18-26(25)30(42)44)49-32(46)39-28-16-20(34(35,36)37)10-13-24(28)27-9-5-6-14-38-27/h4-6,8-10,13-14,16,21-23,25-26H,2-3,7,11-12,15,17-19H2,1H3,(H,39,46)(H,40,43)(H,41,45)/b8-4-/t21-,22+,25+,26+,33+/m0/s1. The number of hydrogen-bond acceptors (Lipinski definition) is 8. The highest BCUT2D eigenvalue weighted by Gasteiger charge is 2.62. The number of halogens is 3. The maximum atomic E-state index is 13.9. The molecule has 3 aliphatic carbocycles. The molecule has 3 fully saturated rings. The summed E-state index contributed by atoms with van der Waals surface area (Å²) >= 11 is 0. The van der Waals surface area contributed by atoms with Gasteiger partial charge >= 0.3 is 12.3 Å². The van der Waals surface area contributed by atoms with Crippen LogP contribution in [0, 0.1) is 17.8 Å². The number of ether oxygens (including phenoxy) is 1. The summed E-state index contributed by atoms with van der Waals surface area (Å²) in [7, 11) is -2.29. The molecular formula is C34H38F3N5O7S. The Labute approximate surface area is 287 Å². The number of pyridine rings is 1. The van der Waals surface area contributed by atoms with Crippen LogP contribution in [0.15, 0.2) is 54.7 Å². The Kier molecular flexibility index (Phi) is 9.68. The Balaban J connectivity index is 1.22. The Bertz CT molecular complexity index is 1800. The Morgan fingerprint density at radius 3 is 2.54 bits per heavy atom. The second kappa shape index (κ2) is 13.7. The molecule has 268 valence electrons. The van der Waals surface area contributed by atoms with E-state index in [0.717, 1.165) is 18.6 Å². The summed E-state index contributed by atoms with van der Waals surface area (Å²) in [5, 5.41) is 4.50. The number of amides is 4. The second-order valence-electron chi connectivity index (χ2n) is 13.4. The lowest BCUT2D eigenvalue weighted by molar-refractivity contribution is -0.140. The smallest absolute Gasteiger partial charge is 0.416 e. The number of sulfonamides is 1. The first-order valence-electron chi connectivity index (χ1n) is 16.6. The first-order chi connectivity index (χ1) is 23.7. The van der Waals surface area contributed by atoms with Gasteiger partial charge in [0.15, 0.2) is 0 Å². The summed E-state index contributed by atoms with van der Waals surface area (Å²) in [6.07, 6.45) is 1.35. The third-order valence-electron chi connectivity index (χ3n) is 9.79. The number of carbonyl (C=O) groups excluding carboxylic acids is 4. The average Bonchev–Trinajstić information content (AvgIpc) is 3.99. The molecule has 16 heteroatoms. The van der Waals surface area contributed by atoms with E-state index >= 15 is 0 Å². The van der Waals surface area contributed by atoms with Crippen molar-refractivity contribution in [2.75, 3.05) is 18.9 Å². The fourth-order valence-electron chi connectivity index (χ4n) is 6.75. The lowest BCUT2D eigenvalue weighted by Crippen LogP contribution is -2.54. The van der Waals surface area contributed by atoms with E-state index in [1.165, 1.54) is 17.2 Å². The van der Waals surface area contributed by atoms with Gasteiger partial charge in [-0.2, -0.15) is 13.2 Å². The largest absolute Gasteiger partial charge is 0.446 e. The zero-order valence-electron chi connectivity index (χ0n) is 27.2. The molecule has 3 saturated carbocycles. The van der Waals surface area contributed by atoms with Crippen molar-refractivity contribution in [1.82, 2.24) is 19.9 Å². The van der Waals surface area contributed by atoms with E-state index in [0.29, 0.717) is 37.9 Å². The minimum atomic E-state index is -4.69. The fraction of sp³-hybridized carbons (Fsp3) is 0.500. The normalized spacial score (nSPS) is 28.0. The molecule has 4 amide bonds.